The van der Waals surface area contributed by atoms with E-state index in [1.807, 2.05) is 24.9 Å². The largest absolute Gasteiger partial charge is 0.478 e. The highest BCUT2D eigenvalue weighted by molar-refractivity contribution is 5.33. The maximum Gasteiger partial charge on any atom is 0.228 e. The highest BCUT2D eigenvalue weighted by atomic mass is 16.5. The van der Waals surface area contributed by atoms with Crippen LogP contribution in [0.3, 0.4) is 0 Å². The van der Waals surface area contributed by atoms with Crippen molar-refractivity contribution >= 4 is 5.95 Å². The van der Waals surface area contributed by atoms with E-state index in [0.717, 1.165) is 18.7 Å². The first kappa shape index (κ1) is 14.7. The summed E-state index contributed by atoms with van der Waals surface area (Å²) >= 11 is 0. The SMILES string of the molecule is CCCOc1cc(C)nc(N(C)CC(C)CN)n1. The van der Waals surface area contributed by atoms with Crippen molar-refractivity contribution in [2.75, 3.05) is 31.6 Å². The average molecular weight is 252 g/mol. The standard InChI is InChI=1S/C13H24N4O/c1-5-6-18-12-7-11(3)15-13(16-12)17(4)9-10(2)8-14/h7,10H,5-6,8-9,14H2,1-4H3. The topological polar surface area (TPSA) is 64.3 Å². The van der Waals surface area contributed by atoms with E-state index in [9.17, 15) is 0 Å². The molecule has 18 heavy (non-hydrogen) atoms. The molecule has 0 amide bonds. The van der Waals surface area contributed by atoms with Gasteiger partial charge in [0.05, 0.1) is 6.61 Å². The minimum absolute atomic E-state index is 0.416. The molecular weight excluding hydrogens is 228 g/mol. The van der Waals surface area contributed by atoms with Crippen molar-refractivity contribution in [3.63, 3.8) is 0 Å². The smallest absolute Gasteiger partial charge is 0.228 e. The van der Waals surface area contributed by atoms with Crippen LogP contribution in [-0.2, 0) is 0 Å². The predicted molar refractivity (Wildman–Crippen MR) is 74.0 cm³/mol. The van der Waals surface area contributed by atoms with Crippen molar-refractivity contribution in [1.29, 1.82) is 0 Å². The van der Waals surface area contributed by atoms with Gasteiger partial charge in [0.25, 0.3) is 0 Å². The van der Waals surface area contributed by atoms with Gasteiger partial charge >= 0.3 is 0 Å². The van der Waals surface area contributed by atoms with Crippen molar-refractivity contribution in [2.24, 2.45) is 11.7 Å². The van der Waals surface area contributed by atoms with Crippen molar-refractivity contribution in [3.05, 3.63) is 11.8 Å². The zero-order chi connectivity index (χ0) is 13.5. The van der Waals surface area contributed by atoms with Gasteiger partial charge in [-0.2, -0.15) is 4.98 Å². The van der Waals surface area contributed by atoms with Crippen LogP contribution in [0.5, 0.6) is 5.88 Å². The fourth-order valence-corrected chi connectivity index (χ4v) is 1.60. The van der Waals surface area contributed by atoms with Crippen LogP contribution in [0, 0.1) is 12.8 Å². The maximum absolute atomic E-state index is 5.63. The van der Waals surface area contributed by atoms with E-state index in [1.165, 1.54) is 0 Å². The van der Waals surface area contributed by atoms with E-state index in [-0.39, 0.29) is 0 Å². The van der Waals surface area contributed by atoms with Gasteiger partial charge in [-0.05, 0) is 25.8 Å². The van der Waals surface area contributed by atoms with Crippen LogP contribution in [0.2, 0.25) is 0 Å². The molecule has 0 saturated heterocycles. The molecule has 5 nitrogen and oxygen atoms in total. The Balaban J connectivity index is 2.77. The summed E-state index contributed by atoms with van der Waals surface area (Å²) in [4.78, 5) is 10.9. The quantitative estimate of drug-likeness (QED) is 0.798. The zero-order valence-electron chi connectivity index (χ0n) is 11.8. The lowest BCUT2D eigenvalue weighted by atomic mass is 10.2. The van der Waals surface area contributed by atoms with Crippen LogP contribution in [-0.4, -0.2) is 36.7 Å². The van der Waals surface area contributed by atoms with E-state index in [1.54, 1.807) is 0 Å². The first-order valence-corrected chi connectivity index (χ1v) is 6.46. The minimum Gasteiger partial charge on any atom is -0.478 e. The lowest BCUT2D eigenvalue weighted by Crippen LogP contribution is -2.29. The van der Waals surface area contributed by atoms with E-state index in [4.69, 9.17) is 10.5 Å². The number of nitrogens with zero attached hydrogens (tertiary/aromatic N) is 3. The fraction of sp³-hybridized carbons (Fsp3) is 0.692. The number of hydrogen-bond donors (Lipinski definition) is 1. The second kappa shape index (κ2) is 7.16. The molecule has 0 aromatic carbocycles. The normalized spacial score (nSPS) is 12.3. The highest BCUT2D eigenvalue weighted by Crippen LogP contribution is 2.15. The third-order valence-corrected chi connectivity index (χ3v) is 2.60. The summed E-state index contributed by atoms with van der Waals surface area (Å²) in [6.45, 7) is 8.32. The number of anilines is 1. The third kappa shape index (κ3) is 4.49. The summed E-state index contributed by atoms with van der Waals surface area (Å²) < 4.78 is 5.56. The molecule has 0 saturated carbocycles. The number of ether oxygens (including phenoxy) is 1. The Morgan fingerprint density at radius 2 is 2.17 bits per heavy atom. The van der Waals surface area contributed by atoms with Crippen LogP contribution in [0.1, 0.15) is 26.0 Å². The molecule has 0 spiro atoms. The van der Waals surface area contributed by atoms with E-state index < -0.39 is 0 Å². The molecule has 102 valence electrons. The van der Waals surface area contributed by atoms with Gasteiger partial charge < -0.3 is 15.4 Å². The van der Waals surface area contributed by atoms with Gasteiger partial charge in [-0.3, -0.25) is 0 Å². The van der Waals surface area contributed by atoms with Crippen molar-refractivity contribution in [1.82, 2.24) is 9.97 Å². The number of aromatic nitrogens is 2. The van der Waals surface area contributed by atoms with Crippen molar-refractivity contribution in [3.8, 4) is 5.88 Å². The lowest BCUT2D eigenvalue weighted by Gasteiger charge is -2.21. The van der Waals surface area contributed by atoms with Crippen molar-refractivity contribution in [2.45, 2.75) is 27.2 Å². The minimum atomic E-state index is 0.416. The molecule has 0 aliphatic carbocycles. The number of rotatable bonds is 7. The monoisotopic (exact) mass is 252 g/mol. The molecule has 1 atom stereocenters. The summed E-state index contributed by atoms with van der Waals surface area (Å²) in [6, 6.07) is 1.86. The Morgan fingerprint density at radius 3 is 2.78 bits per heavy atom. The Labute approximate surface area is 109 Å². The van der Waals surface area contributed by atoms with Gasteiger partial charge in [0.2, 0.25) is 11.8 Å². The zero-order valence-corrected chi connectivity index (χ0v) is 11.8. The molecule has 1 aromatic rings. The molecule has 0 radical (unpaired) electrons. The van der Waals surface area contributed by atoms with Crippen LogP contribution >= 0.6 is 0 Å². The molecule has 1 unspecified atom stereocenters. The van der Waals surface area contributed by atoms with E-state index >= 15 is 0 Å². The van der Waals surface area contributed by atoms with Crippen LogP contribution in [0.4, 0.5) is 5.95 Å². The predicted octanol–water partition coefficient (Wildman–Crippen LogP) is 1.60. The molecule has 0 aliphatic heterocycles. The number of aryl methyl sites for hydroxylation is 1. The van der Waals surface area contributed by atoms with Crippen LogP contribution in [0.15, 0.2) is 6.07 Å². The van der Waals surface area contributed by atoms with Gasteiger partial charge in [0.15, 0.2) is 0 Å². The molecule has 0 aliphatic rings. The van der Waals surface area contributed by atoms with Crippen molar-refractivity contribution < 1.29 is 4.74 Å². The lowest BCUT2D eigenvalue weighted by molar-refractivity contribution is 0.304. The fourth-order valence-electron chi connectivity index (χ4n) is 1.60. The van der Waals surface area contributed by atoms with Crippen LogP contribution in [0.25, 0.3) is 0 Å². The molecule has 1 heterocycles. The summed E-state index contributed by atoms with van der Waals surface area (Å²) in [5.74, 6) is 1.76. The van der Waals surface area contributed by atoms with E-state index in [0.29, 0.717) is 30.9 Å². The van der Waals surface area contributed by atoms with E-state index in [2.05, 4.69) is 23.8 Å². The molecule has 5 heteroatoms. The van der Waals surface area contributed by atoms with Gasteiger partial charge in [0, 0.05) is 25.4 Å². The van der Waals surface area contributed by atoms with Gasteiger partial charge in [-0.25, -0.2) is 4.98 Å². The molecule has 1 aromatic heterocycles. The summed E-state index contributed by atoms with van der Waals surface area (Å²) in [6.07, 6.45) is 0.971. The highest BCUT2D eigenvalue weighted by Gasteiger charge is 2.10. The summed E-state index contributed by atoms with van der Waals surface area (Å²) in [7, 11) is 1.98. The summed E-state index contributed by atoms with van der Waals surface area (Å²) in [5, 5.41) is 0. The first-order valence-electron chi connectivity index (χ1n) is 6.46. The van der Waals surface area contributed by atoms with Gasteiger partial charge in [0.1, 0.15) is 0 Å². The van der Waals surface area contributed by atoms with Gasteiger partial charge in [-0.15, -0.1) is 0 Å². The Bertz CT molecular complexity index is 370. The maximum atomic E-state index is 5.63. The summed E-state index contributed by atoms with van der Waals surface area (Å²) in [5.41, 5.74) is 6.55. The average Bonchev–Trinajstić information content (AvgIpc) is 2.35. The molecule has 0 fully saturated rings. The third-order valence-electron chi connectivity index (χ3n) is 2.60. The first-order chi connectivity index (χ1) is 8.56. The Kier molecular flexibility index (Phi) is 5.85. The van der Waals surface area contributed by atoms with Crippen LogP contribution < -0.4 is 15.4 Å². The molecule has 1 rings (SSSR count). The number of hydrogen-bond acceptors (Lipinski definition) is 5. The molecule has 2 N–H and O–H groups in total. The number of nitrogens with two attached hydrogens (primary N) is 1. The Morgan fingerprint density at radius 1 is 1.44 bits per heavy atom. The second-order valence-corrected chi connectivity index (χ2v) is 4.72. The Hall–Kier alpha value is -1.36. The molecule has 0 bridgehead atoms. The molecular formula is C13H24N4O. The van der Waals surface area contributed by atoms with Gasteiger partial charge in [-0.1, -0.05) is 13.8 Å². The second-order valence-electron chi connectivity index (χ2n) is 4.72.